The molecule has 1 aliphatic rings. The molecule has 0 saturated carbocycles. The summed E-state index contributed by atoms with van der Waals surface area (Å²) in [4.78, 5) is 31.9. The number of benzene rings is 1. The number of nitrogens with zero attached hydrogens (tertiary/aromatic N) is 2. The lowest BCUT2D eigenvalue weighted by Gasteiger charge is -2.22. The molecular weight excluding hydrogens is 342 g/mol. The number of amides is 2. The number of hydrogen-bond donors (Lipinski definition) is 1. The Morgan fingerprint density at radius 3 is 2.22 bits per heavy atom. The van der Waals surface area contributed by atoms with Crippen molar-refractivity contribution in [1.82, 2.24) is 14.8 Å². The van der Waals surface area contributed by atoms with E-state index in [1.54, 1.807) is 0 Å². The van der Waals surface area contributed by atoms with Crippen LogP contribution in [0.15, 0.2) is 42.6 Å². The number of aromatic nitrogens is 1. The van der Waals surface area contributed by atoms with Gasteiger partial charge in [-0.25, -0.2) is 0 Å². The number of nitrogens with one attached hydrogen (secondary N) is 1. The van der Waals surface area contributed by atoms with Crippen molar-refractivity contribution in [2.24, 2.45) is 0 Å². The first-order valence-electron chi connectivity index (χ1n) is 9.55. The molecule has 1 N–H and O–H groups in total. The summed E-state index contributed by atoms with van der Waals surface area (Å²) in [5, 5.41) is 0. The van der Waals surface area contributed by atoms with Gasteiger partial charge in [-0.3, -0.25) is 9.59 Å². The molecule has 144 valence electrons. The van der Waals surface area contributed by atoms with E-state index in [9.17, 15) is 9.59 Å². The summed E-state index contributed by atoms with van der Waals surface area (Å²) >= 11 is 0. The molecule has 1 fully saturated rings. The number of carbonyl (C=O) groups excluding carboxylic acids is 2. The molecule has 6 nitrogen and oxygen atoms in total. The van der Waals surface area contributed by atoms with Crippen molar-refractivity contribution < 1.29 is 14.3 Å². The highest BCUT2D eigenvalue weighted by molar-refractivity contribution is 5.80. The van der Waals surface area contributed by atoms with Gasteiger partial charge in [0.05, 0.1) is 19.4 Å². The average Bonchev–Trinajstić information content (AvgIpc) is 3.04. The summed E-state index contributed by atoms with van der Waals surface area (Å²) in [7, 11) is 0. The van der Waals surface area contributed by atoms with Crippen LogP contribution >= 0.6 is 0 Å². The second-order valence-electron chi connectivity index (χ2n) is 6.74. The minimum atomic E-state index is 0.109. The highest BCUT2D eigenvalue weighted by atomic mass is 16.5. The SMILES string of the molecule is CCOc1ccc(CC(=O)N2CCCN(C(=O)Cc3ccc[nH]3)CC2)cc1. The van der Waals surface area contributed by atoms with Gasteiger partial charge in [0.1, 0.15) is 5.75 Å². The molecule has 0 bridgehead atoms. The van der Waals surface area contributed by atoms with E-state index in [0.717, 1.165) is 23.4 Å². The van der Waals surface area contributed by atoms with Crippen molar-refractivity contribution in [1.29, 1.82) is 0 Å². The van der Waals surface area contributed by atoms with Gasteiger partial charge in [0, 0.05) is 38.1 Å². The maximum atomic E-state index is 12.6. The van der Waals surface area contributed by atoms with Gasteiger partial charge in [-0.2, -0.15) is 0 Å². The highest BCUT2D eigenvalue weighted by Crippen LogP contribution is 2.14. The van der Waals surface area contributed by atoms with Crippen molar-refractivity contribution in [2.45, 2.75) is 26.2 Å². The molecule has 0 radical (unpaired) electrons. The maximum absolute atomic E-state index is 12.6. The molecule has 1 aromatic carbocycles. The Kier molecular flexibility index (Phi) is 6.52. The van der Waals surface area contributed by atoms with Gasteiger partial charge in [-0.15, -0.1) is 0 Å². The number of H-pyrrole nitrogens is 1. The summed E-state index contributed by atoms with van der Waals surface area (Å²) in [5.74, 6) is 1.04. The zero-order valence-corrected chi connectivity index (χ0v) is 15.8. The number of aromatic amines is 1. The Bertz CT molecular complexity index is 741. The van der Waals surface area contributed by atoms with E-state index >= 15 is 0 Å². The molecule has 2 amide bonds. The van der Waals surface area contributed by atoms with Crippen LogP contribution in [0.5, 0.6) is 5.75 Å². The van der Waals surface area contributed by atoms with Crippen LogP contribution in [0.25, 0.3) is 0 Å². The first-order chi connectivity index (χ1) is 13.2. The van der Waals surface area contributed by atoms with Crippen molar-refractivity contribution in [3.05, 3.63) is 53.9 Å². The van der Waals surface area contributed by atoms with Gasteiger partial charge in [-0.05, 0) is 43.2 Å². The van der Waals surface area contributed by atoms with E-state index in [0.29, 0.717) is 45.6 Å². The van der Waals surface area contributed by atoms with Crippen LogP contribution in [0.2, 0.25) is 0 Å². The van der Waals surface area contributed by atoms with Gasteiger partial charge in [0.25, 0.3) is 0 Å². The molecule has 0 aliphatic carbocycles. The highest BCUT2D eigenvalue weighted by Gasteiger charge is 2.22. The third kappa shape index (κ3) is 5.36. The lowest BCUT2D eigenvalue weighted by Crippen LogP contribution is -2.38. The predicted octanol–water partition coefficient (Wildman–Crippen LogP) is 2.26. The summed E-state index contributed by atoms with van der Waals surface area (Å²) in [6.45, 7) is 5.16. The molecule has 6 heteroatoms. The first-order valence-corrected chi connectivity index (χ1v) is 9.55. The fourth-order valence-corrected chi connectivity index (χ4v) is 3.33. The molecule has 0 spiro atoms. The lowest BCUT2D eigenvalue weighted by molar-refractivity contribution is -0.132. The van der Waals surface area contributed by atoms with E-state index in [1.165, 1.54) is 0 Å². The van der Waals surface area contributed by atoms with Gasteiger partial charge < -0.3 is 19.5 Å². The fraction of sp³-hybridized carbons (Fsp3) is 0.429. The molecule has 1 aliphatic heterocycles. The summed E-state index contributed by atoms with van der Waals surface area (Å²) < 4.78 is 5.44. The molecule has 2 heterocycles. The van der Waals surface area contributed by atoms with Gasteiger partial charge >= 0.3 is 0 Å². The van der Waals surface area contributed by atoms with Crippen LogP contribution in [-0.2, 0) is 22.4 Å². The molecule has 0 atom stereocenters. The molecule has 0 unspecified atom stereocenters. The topological polar surface area (TPSA) is 65.6 Å². The molecular formula is C21H27N3O3. The Morgan fingerprint density at radius 2 is 1.63 bits per heavy atom. The molecule has 3 rings (SSSR count). The minimum Gasteiger partial charge on any atom is -0.494 e. The minimum absolute atomic E-state index is 0.109. The van der Waals surface area contributed by atoms with Crippen LogP contribution in [0, 0.1) is 0 Å². The monoisotopic (exact) mass is 369 g/mol. The van der Waals surface area contributed by atoms with Crippen LogP contribution < -0.4 is 4.74 Å². The van der Waals surface area contributed by atoms with E-state index in [4.69, 9.17) is 4.74 Å². The molecule has 2 aromatic rings. The summed E-state index contributed by atoms with van der Waals surface area (Å²) in [6, 6.07) is 11.5. The summed E-state index contributed by atoms with van der Waals surface area (Å²) in [6.07, 6.45) is 3.40. The zero-order chi connectivity index (χ0) is 19.1. The van der Waals surface area contributed by atoms with Crippen LogP contribution in [-0.4, -0.2) is 59.4 Å². The number of carbonyl (C=O) groups is 2. The first kappa shape index (κ1) is 19.0. The normalized spacial score (nSPS) is 14.7. The second-order valence-corrected chi connectivity index (χ2v) is 6.74. The van der Waals surface area contributed by atoms with E-state index in [-0.39, 0.29) is 11.8 Å². The predicted molar refractivity (Wildman–Crippen MR) is 104 cm³/mol. The molecule has 1 aromatic heterocycles. The number of ether oxygens (including phenoxy) is 1. The van der Waals surface area contributed by atoms with Crippen LogP contribution in [0.4, 0.5) is 0 Å². The second kappa shape index (κ2) is 9.26. The van der Waals surface area contributed by atoms with Gasteiger partial charge in [-0.1, -0.05) is 12.1 Å². The van der Waals surface area contributed by atoms with Crippen molar-refractivity contribution in [3.63, 3.8) is 0 Å². The number of rotatable bonds is 6. The number of hydrogen-bond acceptors (Lipinski definition) is 3. The van der Waals surface area contributed by atoms with E-state index in [1.807, 2.05) is 59.3 Å². The smallest absolute Gasteiger partial charge is 0.228 e. The average molecular weight is 369 g/mol. The Hall–Kier alpha value is -2.76. The summed E-state index contributed by atoms with van der Waals surface area (Å²) in [5.41, 5.74) is 1.90. The quantitative estimate of drug-likeness (QED) is 0.849. The third-order valence-electron chi connectivity index (χ3n) is 4.80. The van der Waals surface area contributed by atoms with E-state index in [2.05, 4.69) is 4.98 Å². The van der Waals surface area contributed by atoms with Crippen LogP contribution in [0.1, 0.15) is 24.6 Å². The van der Waals surface area contributed by atoms with Crippen molar-refractivity contribution in [2.75, 3.05) is 32.8 Å². The third-order valence-corrected chi connectivity index (χ3v) is 4.80. The zero-order valence-electron chi connectivity index (χ0n) is 15.8. The fourth-order valence-electron chi connectivity index (χ4n) is 3.33. The van der Waals surface area contributed by atoms with Gasteiger partial charge in [0.2, 0.25) is 11.8 Å². The van der Waals surface area contributed by atoms with Crippen LogP contribution in [0.3, 0.4) is 0 Å². The molecule has 1 saturated heterocycles. The van der Waals surface area contributed by atoms with E-state index < -0.39 is 0 Å². The van der Waals surface area contributed by atoms with Gasteiger partial charge in [0.15, 0.2) is 0 Å². The standard InChI is InChI=1S/C21H27N3O3/c1-2-27-19-8-6-17(7-9-19)15-20(25)23-11-4-12-24(14-13-23)21(26)16-18-5-3-10-22-18/h3,5-10,22H,2,4,11-16H2,1H3. The van der Waals surface area contributed by atoms with Crippen molar-refractivity contribution >= 4 is 11.8 Å². The Balaban J connectivity index is 1.50. The van der Waals surface area contributed by atoms with Crippen molar-refractivity contribution in [3.8, 4) is 5.75 Å². The largest absolute Gasteiger partial charge is 0.494 e. The lowest BCUT2D eigenvalue weighted by atomic mass is 10.1. The maximum Gasteiger partial charge on any atom is 0.228 e. The molecule has 27 heavy (non-hydrogen) atoms. The Morgan fingerprint density at radius 1 is 0.963 bits per heavy atom. The Labute approximate surface area is 160 Å².